The molecule has 3 heterocycles. The number of nitrogens with one attached hydrogen (secondary N) is 1. The van der Waals surface area contributed by atoms with Gasteiger partial charge in [-0.15, -0.1) is 0 Å². The Morgan fingerprint density at radius 1 is 1.19 bits per heavy atom. The predicted octanol–water partition coefficient (Wildman–Crippen LogP) is 0.424. The molecule has 2 atom stereocenters. The first kappa shape index (κ1) is 10.3. The van der Waals surface area contributed by atoms with Crippen molar-refractivity contribution in [2.24, 2.45) is 11.8 Å². The number of fused-ring (bicyclic) bond motifs is 1. The summed E-state index contributed by atoms with van der Waals surface area (Å²) in [6.07, 6.45) is 7.04. The minimum absolute atomic E-state index is 0.924. The van der Waals surface area contributed by atoms with Crippen molar-refractivity contribution in [1.29, 1.82) is 0 Å². The van der Waals surface area contributed by atoms with Crippen LogP contribution in [0.1, 0.15) is 6.42 Å². The van der Waals surface area contributed by atoms with E-state index < -0.39 is 0 Å². The molecule has 0 saturated carbocycles. The Morgan fingerprint density at radius 3 is 2.69 bits per heavy atom. The van der Waals surface area contributed by atoms with Gasteiger partial charge in [-0.3, -0.25) is 0 Å². The Balaban J connectivity index is 1.40. The second kappa shape index (κ2) is 4.55. The highest BCUT2D eigenvalue weighted by Gasteiger charge is 2.35. The van der Waals surface area contributed by atoms with Crippen LogP contribution in [0.15, 0.2) is 18.7 Å². The van der Waals surface area contributed by atoms with Gasteiger partial charge in [0.25, 0.3) is 0 Å². The van der Waals surface area contributed by atoms with Gasteiger partial charge < -0.3 is 14.8 Å². The summed E-state index contributed by atoms with van der Waals surface area (Å²) in [5.41, 5.74) is 0. The van der Waals surface area contributed by atoms with E-state index in [0.29, 0.717) is 0 Å². The summed E-state index contributed by atoms with van der Waals surface area (Å²) in [5, 5.41) is 3.48. The zero-order chi connectivity index (χ0) is 10.8. The first-order valence-electron chi connectivity index (χ1n) is 6.30. The molecule has 1 N–H and O–H groups in total. The van der Waals surface area contributed by atoms with Crippen LogP contribution in [0.25, 0.3) is 0 Å². The van der Waals surface area contributed by atoms with Crippen LogP contribution in [0.2, 0.25) is 0 Å². The molecule has 16 heavy (non-hydrogen) atoms. The molecule has 2 aliphatic rings. The predicted molar refractivity (Wildman–Crippen MR) is 63.1 cm³/mol. The maximum absolute atomic E-state index is 4.06. The van der Waals surface area contributed by atoms with E-state index in [1.807, 2.05) is 18.7 Å². The zero-order valence-corrected chi connectivity index (χ0v) is 9.68. The van der Waals surface area contributed by atoms with Gasteiger partial charge in [0, 0.05) is 32.0 Å². The van der Waals surface area contributed by atoms with E-state index >= 15 is 0 Å². The van der Waals surface area contributed by atoms with Crippen molar-refractivity contribution in [3.63, 3.8) is 0 Å². The lowest BCUT2D eigenvalue weighted by Gasteiger charge is -2.16. The molecule has 2 aliphatic heterocycles. The second-order valence-corrected chi connectivity index (χ2v) is 5.09. The maximum atomic E-state index is 4.06. The van der Waals surface area contributed by atoms with Crippen molar-refractivity contribution < 1.29 is 0 Å². The van der Waals surface area contributed by atoms with Crippen LogP contribution in [0.4, 0.5) is 0 Å². The van der Waals surface area contributed by atoms with Gasteiger partial charge in [0.1, 0.15) is 0 Å². The number of imidazole rings is 1. The Bertz CT molecular complexity index is 310. The van der Waals surface area contributed by atoms with Crippen LogP contribution in [-0.2, 0) is 6.54 Å². The molecule has 2 fully saturated rings. The van der Waals surface area contributed by atoms with Crippen LogP contribution in [0, 0.1) is 11.8 Å². The topological polar surface area (TPSA) is 33.1 Å². The number of aromatic nitrogens is 2. The number of hydrogen-bond donors (Lipinski definition) is 1. The number of hydrogen-bond acceptors (Lipinski definition) is 3. The first-order chi connectivity index (χ1) is 7.92. The average molecular weight is 220 g/mol. The molecule has 1 aromatic heterocycles. The maximum Gasteiger partial charge on any atom is 0.0945 e. The highest BCUT2D eigenvalue weighted by molar-refractivity contribution is 4.91. The highest BCUT2D eigenvalue weighted by atomic mass is 15.2. The Kier molecular flexibility index (Phi) is 2.93. The molecule has 0 amide bonds. The third-order valence-corrected chi connectivity index (χ3v) is 3.91. The highest BCUT2D eigenvalue weighted by Crippen LogP contribution is 2.26. The van der Waals surface area contributed by atoms with Crippen LogP contribution in [0.3, 0.4) is 0 Å². The summed E-state index contributed by atoms with van der Waals surface area (Å²) in [6.45, 7) is 7.43. The van der Waals surface area contributed by atoms with E-state index in [1.165, 1.54) is 39.1 Å². The molecule has 1 aromatic rings. The van der Waals surface area contributed by atoms with Crippen LogP contribution in [0.5, 0.6) is 0 Å². The molecule has 0 aromatic carbocycles. The zero-order valence-electron chi connectivity index (χ0n) is 9.68. The van der Waals surface area contributed by atoms with Crippen molar-refractivity contribution in [2.45, 2.75) is 13.0 Å². The van der Waals surface area contributed by atoms with E-state index in [1.54, 1.807) is 0 Å². The third kappa shape index (κ3) is 2.13. The molecule has 4 nitrogen and oxygen atoms in total. The lowest BCUT2D eigenvalue weighted by molar-refractivity contribution is 0.302. The number of aryl methyl sites for hydroxylation is 1. The van der Waals surface area contributed by atoms with Crippen LogP contribution < -0.4 is 5.32 Å². The minimum atomic E-state index is 0.924. The molecule has 0 radical (unpaired) electrons. The van der Waals surface area contributed by atoms with Gasteiger partial charge in [-0.1, -0.05) is 0 Å². The lowest BCUT2D eigenvalue weighted by atomic mass is 10.0. The van der Waals surface area contributed by atoms with E-state index in [0.717, 1.165) is 18.4 Å². The lowest BCUT2D eigenvalue weighted by Crippen LogP contribution is -2.27. The molecule has 0 bridgehead atoms. The Labute approximate surface area is 96.7 Å². The molecule has 88 valence electrons. The molecule has 2 saturated heterocycles. The number of nitrogens with zero attached hydrogens (tertiary/aromatic N) is 3. The van der Waals surface area contributed by atoms with Crippen LogP contribution in [-0.4, -0.2) is 47.2 Å². The molecule has 4 heteroatoms. The molecular weight excluding hydrogens is 200 g/mol. The summed E-state index contributed by atoms with van der Waals surface area (Å²) >= 11 is 0. The molecule has 2 unspecified atom stereocenters. The van der Waals surface area contributed by atoms with Gasteiger partial charge in [0.15, 0.2) is 0 Å². The summed E-state index contributed by atoms with van der Waals surface area (Å²) in [4.78, 5) is 6.69. The van der Waals surface area contributed by atoms with Gasteiger partial charge in [-0.2, -0.15) is 0 Å². The standard InChI is InChI=1S/C12H20N4/c1(3-15-5-2-13-10-15)4-16-8-11-6-14-7-12(11)9-16/h2,5,10-12,14H,1,3-4,6-9H2. The molecule has 0 spiro atoms. The fourth-order valence-electron chi connectivity index (χ4n) is 3.03. The summed E-state index contributed by atoms with van der Waals surface area (Å²) in [5.74, 6) is 1.85. The van der Waals surface area contributed by atoms with Crippen molar-refractivity contribution in [1.82, 2.24) is 19.8 Å². The van der Waals surface area contributed by atoms with Crippen LogP contribution >= 0.6 is 0 Å². The summed E-state index contributed by atoms with van der Waals surface area (Å²) in [7, 11) is 0. The third-order valence-electron chi connectivity index (χ3n) is 3.91. The average Bonchev–Trinajstić information content (AvgIpc) is 2.91. The SMILES string of the molecule is c1cn(CCCN2CC3CNCC3C2)cn1. The van der Waals surface area contributed by atoms with Gasteiger partial charge in [-0.05, 0) is 37.9 Å². The Morgan fingerprint density at radius 2 is 2.00 bits per heavy atom. The van der Waals surface area contributed by atoms with Crippen molar-refractivity contribution in [3.8, 4) is 0 Å². The Hall–Kier alpha value is -0.870. The number of rotatable bonds is 4. The van der Waals surface area contributed by atoms with Crippen molar-refractivity contribution >= 4 is 0 Å². The first-order valence-corrected chi connectivity index (χ1v) is 6.30. The summed E-state index contributed by atoms with van der Waals surface area (Å²) < 4.78 is 2.17. The van der Waals surface area contributed by atoms with E-state index in [9.17, 15) is 0 Å². The van der Waals surface area contributed by atoms with Crippen molar-refractivity contribution in [3.05, 3.63) is 18.7 Å². The van der Waals surface area contributed by atoms with E-state index in [-0.39, 0.29) is 0 Å². The largest absolute Gasteiger partial charge is 0.337 e. The fourth-order valence-corrected chi connectivity index (χ4v) is 3.03. The molecule has 3 rings (SSSR count). The van der Waals surface area contributed by atoms with Crippen molar-refractivity contribution in [2.75, 3.05) is 32.7 Å². The van der Waals surface area contributed by atoms with Gasteiger partial charge in [-0.25, -0.2) is 4.98 Å². The normalized spacial score (nSPS) is 29.8. The summed E-state index contributed by atoms with van der Waals surface area (Å²) in [6, 6.07) is 0. The smallest absolute Gasteiger partial charge is 0.0945 e. The fraction of sp³-hybridized carbons (Fsp3) is 0.750. The van der Waals surface area contributed by atoms with Gasteiger partial charge in [0.05, 0.1) is 6.33 Å². The van der Waals surface area contributed by atoms with E-state index in [4.69, 9.17) is 0 Å². The molecular formula is C12H20N4. The second-order valence-electron chi connectivity index (χ2n) is 5.09. The molecule has 0 aliphatic carbocycles. The minimum Gasteiger partial charge on any atom is -0.337 e. The quantitative estimate of drug-likeness (QED) is 0.798. The van der Waals surface area contributed by atoms with Gasteiger partial charge >= 0.3 is 0 Å². The van der Waals surface area contributed by atoms with E-state index in [2.05, 4.69) is 19.8 Å². The monoisotopic (exact) mass is 220 g/mol. The van der Waals surface area contributed by atoms with Gasteiger partial charge in [0.2, 0.25) is 0 Å². The number of likely N-dealkylation sites (tertiary alicyclic amines) is 1.